The van der Waals surface area contributed by atoms with Crippen LogP contribution in [0.2, 0.25) is 0 Å². The molecule has 0 saturated heterocycles. The van der Waals surface area contributed by atoms with Crippen LogP contribution in [0.1, 0.15) is 44.2 Å². The average Bonchev–Trinajstić information content (AvgIpc) is 2.42. The molecule has 2 rings (SSSR count). The highest BCUT2D eigenvalue weighted by atomic mass is 79.9. The van der Waals surface area contributed by atoms with Gasteiger partial charge in [0.15, 0.2) is 0 Å². The topological polar surface area (TPSA) is 49.3 Å². The molecule has 0 aromatic heterocycles. The lowest BCUT2D eigenvalue weighted by atomic mass is 9.85. The molecule has 0 bridgehead atoms. The van der Waals surface area contributed by atoms with Crippen LogP contribution in [-0.2, 0) is 4.79 Å². The molecule has 5 heteroatoms. The Morgan fingerprint density at radius 3 is 2.60 bits per heavy atom. The minimum absolute atomic E-state index is 0.123. The van der Waals surface area contributed by atoms with Crippen LogP contribution in [0.15, 0.2) is 22.7 Å². The number of nitrogens with one attached hydrogen (secondary N) is 1. The van der Waals surface area contributed by atoms with Crippen molar-refractivity contribution in [3.8, 4) is 0 Å². The summed E-state index contributed by atoms with van der Waals surface area (Å²) in [5, 5.41) is 12.5. The lowest BCUT2D eigenvalue weighted by molar-refractivity contribution is -0.142. The predicted octanol–water partition coefficient (Wildman–Crippen LogP) is 3.88. The van der Waals surface area contributed by atoms with Crippen molar-refractivity contribution in [3.63, 3.8) is 0 Å². The third-order valence-electron chi connectivity index (χ3n) is 4.01. The maximum absolute atomic E-state index is 13.2. The molecule has 1 atom stereocenters. The molecular formula is C15H19BrFNO2. The standard InChI is InChI=1S/C15H19BrFNO2/c1-9(11-4-7-14(17)13(16)8-11)18-12-5-2-10(3-6-12)15(19)20/h4,7-10,12,18H,2-3,5-6H2,1H3,(H,19,20). The first kappa shape index (κ1) is 15.4. The van der Waals surface area contributed by atoms with Crippen LogP contribution in [-0.4, -0.2) is 17.1 Å². The summed E-state index contributed by atoms with van der Waals surface area (Å²) in [6.07, 6.45) is 3.22. The van der Waals surface area contributed by atoms with Crippen molar-refractivity contribution >= 4 is 21.9 Å². The summed E-state index contributed by atoms with van der Waals surface area (Å²) >= 11 is 3.20. The fraction of sp³-hybridized carbons (Fsp3) is 0.533. The van der Waals surface area contributed by atoms with E-state index in [2.05, 4.69) is 21.2 Å². The highest BCUT2D eigenvalue weighted by Crippen LogP contribution is 2.27. The molecule has 1 aromatic carbocycles. The van der Waals surface area contributed by atoms with E-state index in [0.717, 1.165) is 31.2 Å². The molecule has 1 saturated carbocycles. The highest BCUT2D eigenvalue weighted by Gasteiger charge is 2.26. The summed E-state index contributed by atoms with van der Waals surface area (Å²) < 4.78 is 13.7. The molecule has 0 amide bonds. The first-order chi connectivity index (χ1) is 9.47. The third-order valence-corrected chi connectivity index (χ3v) is 4.61. The lowest BCUT2D eigenvalue weighted by Gasteiger charge is -2.29. The first-order valence-corrected chi connectivity index (χ1v) is 7.70. The zero-order valence-corrected chi connectivity index (χ0v) is 13.0. The van der Waals surface area contributed by atoms with Crippen molar-refractivity contribution in [1.29, 1.82) is 0 Å². The van der Waals surface area contributed by atoms with Gasteiger partial charge in [0, 0.05) is 12.1 Å². The van der Waals surface area contributed by atoms with Gasteiger partial charge in [-0.05, 0) is 66.2 Å². The SMILES string of the molecule is CC(NC1CCC(C(=O)O)CC1)c1ccc(F)c(Br)c1. The molecule has 0 spiro atoms. The molecule has 2 N–H and O–H groups in total. The van der Waals surface area contributed by atoms with E-state index >= 15 is 0 Å². The van der Waals surface area contributed by atoms with Gasteiger partial charge in [-0.3, -0.25) is 4.79 Å². The second-order valence-corrected chi connectivity index (χ2v) is 6.30. The summed E-state index contributed by atoms with van der Waals surface area (Å²) in [5.74, 6) is -1.13. The van der Waals surface area contributed by atoms with Crippen LogP contribution in [0, 0.1) is 11.7 Å². The van der Waals surface area contributed by atoms with Crippen LogP contribution in [0.3, 0.4) is 0 Å². The number of carbonyl (C=O) groups is 1. The van der Waals surface area contributed by atoms with Crippen molar-refractivity contribution in [2.45, 2.75) is 44.7 Å². The van der Waals surface area contributed by atoms with Crippen molar-refractivity contribution in [1.82, 2.24) is 5.32 Å². The molecule has 1 fully saturated rings. The molecule has 1 aromatic rings. The van der Waals surface area contributed by atoms with Gasteiger partial charge in [0.1, 0.15) is 5.82 Å². The molecule has 20 heavy (non-hydrogen) atoms. The normalized spacial score (nSPS) is 24.4. The second kappa shape index (κ2) is 6.68. The van der Waals surface area contributed by atoms with Crippen LogP contribution in [0.25, 0.3) is 0 Å². The van der Waals surface area contributed by atoms with E-state index in [1.165, 1.54) is 6.07 Å². The number of hydrogen-bond donors (Lipinski definition) is 2. The fourth-order valence-electron chi connectivity index (χ4n) is 2.74. The summed E-state index contributed by atoms with van der Waals surface area (Å²) in [7, 11) is 0. The Morgan fingerprint density at radius 1 is 1.40 bits per heavy atom. The van der Waals surface area contributed by atoms with Gasteiger partial charge in [-0.25, -0.2) is 4.39 Å². The Kier molecular flexibility index (Phi) is 5.16. The van der Waals surface area contributed by atoms with Crippen LogP contribution < -0.4 is 5.32 Å². The van der Waals surface area contributed by atoms with Gasteiger partial charge >= 0.3 is 5.97 Å². The molecule has 0 radical (unpaired) electrons. The minimum Gasteiger partial charge on any atom is -0.481 e. The number of carboxylic acids is 1. The van der Waals surface area contributed by atoms with E-state index in [1.54, 1.807) is 12.1 Å². The second-order valence-electron chi connectivity index (χ2n) is 5.45. The molecule has 1 unspecified atom stereocenters. The van der Waals surface area contributed by atoms with Crippen LogP contribution >= 0.6 is 15.9 Å². The molecule has 1 aliphatic carbocycles. The third kappa shape index (κ3) is 3.79. The average molecular weight is 344 g/mol. The number of halogens is 2. The van der Waals surface area contributed by atoms with Crippen LogP contribution in [0.4, 0.5) is 4.39 Å². The summed E-state index contributed by atoms with van der Waals surface area (Å²) in [4.78, 5) is 10.9. The predicted molar refractivity (Wildman–Crippen MR) is 79.0 cm³/mol. The van der Waals surface area contributed by atoms with E-state index in [0.29, 0.717) is 10.5 Å². The quantitative estimate of drug-likeness (QED) is 0.871. The van der Waals surface area contributed by atoms with E-state index in [9.17, 15) is 9.18 Å². The molecule has 110 valence electrons. The molecule has 0 aliphatic heterocycles. The molecular weight excluding hydrogens is 325 g/mol. The van der Waals surface area contributed by atoms with E-state index in [1.807, 2.05) is 6.92 Å². The minimum atomic E-state index is -0.682. The van der Waals surface area contributed by atoms with Crippen molar-refractivity contribution in [3.05, 3.63) is 34.1 Å². The van der Waals surface area contributed by atoms with Crippen molar-refractivity contribution < 1.29 is 14.3 Å². The smallest absolute Gasteiger partial charge is 0.306 e. The Labute approximate surface area is 126 Å². The zero-order chi connectivity index (χ0) is 14.7. The monoisotopic (exact) mass is 343 g/mol. The Bertz CT molecular complexity index is 487. The van der Waals surface area contributed by atoms with E-state index < -0.39 is 5.97 Å². The fourth-order valence-corrected chi connectivity index (χ4v) is 3.14. The molecule has 0 heterocycles. The van der Waals surface area contributed by atoms with Crippen molar-refractivity contribution in [2.24, 2.45) is 5.92 Å². The van der Waals surface area contributed by atoms with Gasteiger partial charge in [0.05, 0.1) is 10.4 Å². The number of carboxylic acid groups (broad SMARTS) is 1. The highest BCUT2D eigenvalue weighted by molar-refractivity contribution is 9.10. The van der Waals surface area contributed by atoms with E-state index in [-0.39, 0.29) is 17.8 Å². The number of hydrogen-bond acceptors (Lipinski definition) is 2. The van der Waals surface area contributed by atoms with Gasteiger partial charge in [0.25, 0.3) is 0 Å². The summed E-state index contributed by atoms with van der Waals surface area (Å²) in [6, 6.07) is 5.48. The maximum atomic E-state index is 13.2. The van der Waals surface area contributed by atoms with Gasteiger partial charge in [0.2, 0.25) is 0 Å². The van der Waals surface area contributed by atoms with E-state index in [4.69, 9.17) is 5.11 Å². The van der Waals surface area contributed by atoms with Gasteiger partial charge in [-0.2, -0.15) is 0 Å². The lowest BCUT2D eigenvalue weighted by Crippen LogP contribution is -2.36. The van der Waals surface area contributed by atoms with Gasteiger partial charge < -0.3 is 10.4 Å². The summed E-state index contributed by atoms with van der Waals surface area (Å²) in [5.41, 5.74) is 1.03. The Morgan fingerprint density at radius 2 is 2.05 bits per heavy atom. The van der Waals surface area contributed by atoms with Crippen molar-refractivity contribution in [2.75, 3.05) is 0 Å². The first-order valence-electron chi connectivity index (χ1n) is 6.91. The molecule has 3 nitrogen and oxygen atoms in total. The molecule has 1 aliphatic rings. The number of benzene rings is 1. The maximum Gasteiger partial charge on any atom is 0.306 e. The summed E-state index contributed by atoms with van der Waals surface area (Å²) in [6.45, 7) is 2.04. The zero-order valence-electron chi connectivity index (χ0n) is 11.4. The number of aliphatic carboxylic acids is 1. The van der Waals surface area contributed by atoms with Gasteiger partial charge in [-0.15, -0.1) is 0 Å². The Hall–Kier alpha value is -0.940. The van der Waals surface area contributed by atoms with Gasteiger partial charge in [-0.1, -0.05) is 6.07 Å². The Balaban J connectivity index is 1.90. The largest absolute Gasteiger partial charge is 0.481 e. The number of rotatable bonds is 4. The van der Waals surface area contributed by atoms with Crippen LogP contribution in [0.5, 0.6) is 0 Å².